The Morgan fingerprint density at radius 2 is 2.15 bits per heavy atom. The third-order valence-corrected chi connectivity index (χ3v) is 3.74. The fraction of sp³-hybridized carbons (Fsp3) is 0.333. The van der Waals surface area contributed by atoms with E-state index in [-0.39, 0.29) is 11.9 Å². The highest BCUT2D eigenvalue weighted by Gasteiger charge is 2.27. The van der Waals surface area contributed by atoms with Gasteiger partial charge in [0, 0.05) is 18.3 Å². The minimum absolute atomic E-state index is 0.0987. The molecule has 0 fully saturated rings. The molecule has 5 heteroatoms. The van der Waals surface area contributed by atoms with Gasteiger partial charge in [-0.2, -0.15) is 5.10 Å². The van der Waals surface area contributed by atoms with Gasteiger partial charge in [0.2, 0.25) is 0 Å². The van der Waals surface area contributed by atoms with Gasteiger partial charge in [0.25, 0.3) is 5.91 Å². The number of para-hydroxylation sites is 1. The van der Waals surface area contributed by atoms with Crippen LogP contribution in [0.15, 0.2) is 24.3 Å². The number of aryl methyl sites for hydroxylation is 2. The van der Waals surface area contributed by atoms with Crippen molar-refractivity contribution in [1.82, 2.24) is 15.1 Å². The summed E-state index contributed by atoms with van der Waals surface area (Å²) in [5.41, 5.74) is 3.29. The standard InChI is InChI=1S/C15H17N3O2/c1-9-14(10(2)18(3)17-9)15(19)16-12-8-20-13-7-5-4-6-11(12)13/h4-7,12H,8H2,1-3H3,(H,16,19). The Morgan fingerprint density at radius 1 is 1.40 bits per heavy atom. The number of nitrogens with zero attached hydrogens (tertiary/aromatic N) is 2. The zero-order chi connectivity index (χ0) is 14.3. The molecule has 20 heavy (non-hydrogen) atoms. The fourth-order valence-corrected chi connectivity index (χ4v) is 2.61. The molecule has 0 spiro atoms. The van der Waals surface area contributed by atoms with Crippen molar-refractivity contribution in [3.05, 3.63) is 46.8 Å². The van der Waals surface area contributed by atoms with Crippen molar-refractivity contribution in [2.45, 2.75) is 19.9 Å². The molecule has 0 bridgehead atoms. The van der Waals surface area contributed by atoms with E-state index in [2.05, 4.69) is 10.4 Å². The third-order valence-electron chi connectivity index (χ3n) is 3.74. The van der Waals surface area contributed by atoms with Crippen LogP contribution in [0, 0.1) is 13.8 Å². The molecule has 1 atom stereocenters. The van der Waals surface area contributed by atoms with E-state index in [0.717, 1.165) is 22.7 Å². The molecule has 1 N–H and O–H groups in total. The van der Waals surface area contributed by atoms with Crippen LogP contribution in [0.5, 0.6) is 5.75 Å². The van der Waals surface area contributed by atoms with E-state index in [1.807, 2.05) is 45.2 Å². The average molecular weight is 271 g/mol. The second kappa shape index (κ2) is 4.67. The Hall–Kier alpha value is -2.30. The molecular weight excluding hydrogens is 254 g/mol. The van der Waals surface area contributed by atoms with Gasteiger partial charge < -0.3 is 10.1 Å². The maximum Gasteiger partial charge on any atom is 0.255 e. The second-order valence-corrected chi connectivity index (χ2v) is 5.04. The van der Waals surface area contributed by atoms with Crippen LogP contribution in [-0.2, 0) is 7.05 Å². The lowest BCUT2D eigenvalue weighted by atomic mass is 10.1. The predicted molar refractivity (Wildman–Crippen MR) is 74.8 cm³/mol. The van der Waals surface area contributed by atoms with Crippen LogP contribution < -0.4 is 10.1 Å². The van der Waals surface area contributed by atoms with Crippen LogP contribution in [0.1, 0.15) is 33.4 Å². The van der Waals surface area contributed by atoms with E-state index in [4.69, 9.17) is 4.74 Å². The molecule has 1 aliphatic rings. The van der Waals surface area contributed by atoms with Gasteiger partial charge in [-0.1, -0.05) is 18.2 Å². The van der Waals surface area contributed by atoms with Crippen LogP contribution in [0.2, 0.25) is 0 Å². The highest BCUT2D eigenvalue weighted by Crippen LogP contribution is 2.32. The molecule has 0 saturated heterocycles. The van der Waals surface area contributed by atoms with Crippen molar-refractivity contribution < 1.29 is 9.53 Å². The van der Waals surface area contributed by atoms with Crippen molar-refractivity contribution in [1.29, 1.82) is 0 Å². The fourth-order valence-electron chi connectivity index (χ4n) is 2.61. The van der Waals surface area contributed by atoms with E-state index < -0.39 is 0 Å². The number of aromatic nitrogens is 2. The maximum absolute atomic E-state index is 12.4. The van der Waals surface area contributed by atoms with Crippen LogP contribution in [0.4, 0.5) is 0 Å². The van der Waals surface area contributed by atoms with Gasteiger partial charge in [-0.15, -0.1) is 0 Å². The number of carbonyl (C=O) groups excluding carboxylic acids is 1. The number of hydrogen-bond acceptors (Lipinski definition) is 3. The van der Waals surface area contributed by atoms with Crippen molar-refractivity contribution in [2.24, 2.45) is 7.05 Å². The van der Waals surface area contributed by atoms with Gasteiger partial charge in [-0.3, -0.25) is 9.48 Å². The molecule has 2 heterocycles. The smallest absolute Gasteiger partial charge is 0.255 e. The van der Waals surface area contributed by atoms with Crippen LogP contribution in [0.25, 0.3) is 0 Å². The van der Waals surface area contributed by atoms with Crippen molar-refractivity contribution in [3.63, 3.8) is 0 Å². The van der Waals surface area contributed by atoms with E-state index in [9.17, 15) is 4.79 Å². The molecule has 1 aromatic heterocycles. The van der Waals surface area contributed by atoms with Gasteiger partial charge in [0.05, 0.1) is 17.3 Å². The molecule has 104 valence electrons. The number of hydrogen-bond donors (Lipinski definition) is 1. The summed E-state index contributed by atoms with van der Waals surface area (Å²) < 4.78 is 7.30. The first kappa shape index (κ1) is 12.7. The predicted octanol–water partition coefficient (Wildman–Crippen LogP) is 1.90. The Kier molecular flexibility index (Phi) is 2.97. The summed E-state index contributed by atoms with van der Waals surface area (Å²) in [5, 5.41) is 7.30. The molecule has 2 aromatic rings. The molecule has 0 saturated carbocycles. The van der Waals surface area contributed by atoms with E-state index in [0.29, 0.717) is 12.2 Å². The lowest BCUT2D eigenvalue weighted by Gasteiger charge is -2.12. The largest absolute Gasteiger partial charge is 0.491 e. The monoisotopic (exact) mass is 271 g/mol. The maximum atomic E-state index is 12.4. The van der Waals surface area contributed by atoms with E-state index in [1.165, 1.54) is 0 Å². The quantitative estimate of drug-likeness (QED) is 0.907. The topological polar surface area (TPSA) is 56.2 Å². The number of benzene rings is 1. The molecule has 0 radical (unpaired) electrons. The SMILES string of the molecule is Cc1nn(C)c(C)c1C(=O)NC1COc2ccccc21. The third kappa shape index (κ3) is 1.95. The minimum atomic E-state index is -0.0993. The molecule has 5 nitrogen and oxygen atoms in total. The molecule has 1 unspecified atom stereocenters. The van der Waals surface area contributed by atoms with Gasteiger partial charge >= 0.3 is 0 Å². The second-order valence-electron chi connectivity index (χ2n) is 5.04. The summed E-state index contributed by atoms with van der Waals surface area (Å²) in [6, 6.07) is 7.68. The Balaban J connectivity index is 1.84. The van der Waals surface area contributed by atoms with E-state index in [1.54, 1.807) is 4.68 Å². The van der Waals surface area contributed by atoms with Crippen LogP contribution >= 0.6 is 0 Å². The highest BCUT2D eigenvalue weighted by molar-refractivity contribution is 5.96. The Labute approximate surface area is 117 Å². The number of ether oxygens (including phenoxy) is 1. The zero-order valence-electron chi connectivity index (χ0n) is 11.8. The molecule has 1 aromatic carbocycles. The summed E-state index contributed by atoms with van der Waals surface area (Å²) >= 11 is 0. The summed E-state index contributed by atoms with van der Waals surface area (Å²) in [6.45, 7) is 4.22. The Bertz CT molecular complexity index is 676. The Morgan fingerprint density at radius 3 is 2.85 bits per heavy atom. The van der Waals surface area contributed by atoms with Crippen LogP contribution in [0.3, 0.4) is 0 Å². The number of carbonyl (C=O) groups is 1. The van der Waals surface area contributed by atoms with Crippen molar-refractivity contribution in [2.75, 3.05) is 6.61 Å². The lowest BCUT2D eigenvalue weighted by Crippen LogP contribution is -2.30. The summed E-state index contributed by atoms with van der Waals surface area (Å²) in [5.74, 6) is 0.746. The first-order valence-corrected chi connectivity index (χ1v) is 6.60. The first-order chi connectivity index (χ1) is 9.58. The lowest BCUT2D eigenvalue weighted by molar-refractivity contribution is 0.0929. The zero-order valence-corrected chi connectivity index (χ0v) is 11.8. The van der Waals surface area contributed by atoms with Gasteiger partial charge in [0.1, 0.15) is 12.4 Å². The summed E-state index contributed by atoms with van der Waals surface area (Å²) in [6.07, 6.45) is 0. The molecular formula is C15H17N3O2. The van der Waals surface area contributed by atoms with Crippen molar-refractivity contribution >= 4 is 5.91 Å². The van der Waals surface area contributed by atoms with E-state index >= 15 is 0 Å². The molecule has 3 rings (SSSR count). The summed E-state index contributed by atoms with van der Waals surface area (Å²) in [7, 11) is 1.84. The highest BCUT2D eigenvalue weighted by atomic mass is 16.5. The number of rotatable bonds is 2. The number of fused-ring (bicyclic) bond motifs is 1. The number of amides is 1. The summed E-state index contributed by atoms with van der Waals surface area (Å²) in [4.78, 5) is 12.4. The molecule has 1 aliphatic heterocycles. The minimum Gasteiger partial charge on any atom is -0.491 e. The van der Waals surface area contributed by atoms with Gasteiger partial charge in [-0.25, -0.2) is 0 Å². The van der Waals surface area contributed by atoms with Gasteiger partial charge in [0.15, 0.2) is 0 Å². The van der Waals surface area contributed by atoms with Crippen LogP contribution in [-0.4, -0.2) is 22.3 Å². The average Bonchev–Trinajstić information content (AvgIpc) is 2.92. The molecule has 1 amide bonds. The molecule has 0 aliphatic carbocycles. The van der Waals surface area contributed by atoms with Crippen molar-refractivity contribution in [3.8, 4) is 5.75 Å². The normalized spacial score (nSPS) is 16.6. The number of nitrogens with one attached hydrogen (secondary N) is 1. The van der Waals surface area contributed by atoms with Gasteiger partial charge in [-0.05, 0) is 19.9 Å². The first-order valence-electron chi connectivity index (χ1n) is 6.60.